The van der Waals surface area contributed by atoms with E-state index in [0.29, 0.717) is 30.1 Å². The van der Waals surface area contributed by atoms with Gasteiger partial charge in [0.25, 0.3) is 11.7 Å². The van der Waals surface area contributed by atoms with Crippen molar-refractivity contribution in [2.24, 2.45) is 0 Å². The minimum atomic E-state index is -0.686. The smallest absolute Gasteiger partial charge is 0.295 e. The largest absolute Gasteiger partial charge is 0.505 e. The van der Waals surface area contributed by atoms with Crippen LogP contribution < -0.4 is 0 Å². The maximum absolute atomic E-state index is 13.3. The average Bonchev–Trinajstić information content (AvgIpc) is 3.30. The van der Waals surface area contributed by atoms with Crippen LogP contribution in [-0.2, 0) is 9.59 Å². The van der Waals surface area contributed by atoms with E-state index < -0.39 is 17.7 Å². The third-order valence-corrected chi connectivity index (χ3v) is 7.11. The number of fused-ring (bicyclic) bond motifs is 1. The molecule has 0 spiro atoms. The van der Waals surface area contributed by atoms with Gasteiger partial charge in [0, 0.05) is 23.8 Å². The van der Waals surface area contributed by atoms with Gasteiger partial charge in [0.2, 0.25) is 0 Å². The molecule has 8 heteroatoms. The van der Waals surface area contributed by atoms with Crippen LogP contribution in [0, 0.1) is 13.8 Å². The Kier molecular flexibility index (Phi) is 6.91. The van der Waals surface area contributed by atoms with Crippen LogP contribution in [-0.4, -0.2) is 62.2 Å². The number of aliphatic hydroxyl groups is 1. The molecule has 0 radical (unpaired) electrons. The Bertz CT molecular complexity index is 1280. The predicted molar refractivity (Wildman–Crippen MR) is 136 cm³/mol. The molecule has 2 aromatic heterocycles. The van der Waals surface area contributed by atoms with Gasteiger partial charge in [-0.15, -0.1) is 0 Å². The number of pyridine rings is 1. The lowest BCUT2D eigenvalue weighted by Crippen LogP contribution is -2.38. The first-order valence-electron chi connectivity index (χ1n) is 11.5. The van der Waals surface area contributed by atoms with Crippen LogP contribution in [0.5, 0.6) is 0 Å². The summed E-state index contributed by atoms with van der Waals surface area (Å²) < 4.78 is 2.78. The van der Waals surface area contributed by atoms with Crippen LogP contribution in [0.3, 0.4) is 0 Å². The van der Waals surface area contributed by atoms with E-state index in [1.165, 1.54) is 0 Å². The number of aromatic nitrogens is 2. The summed E-state index contributed by atoms with van der Waals surface area (Å²) in [6.07, 6.45) is 1.87. The zero-order chi connectivity index (χ0) is 24.6. The number of ketones is 1. The molecular formula is C26H29BrN4O3. The molecule has 7 nitrogen and oxygen atoms in total. The second-order valence-electron chi connectivity index (χ2n) is 8.50. The number of imidazole rings is 1. The maximum atomic E-state index is 13.3. The average molecular weight is 525 g/mol. The molecule has 0 saturated carbocycles. The molecule has 178 valence electrons. The van der Waals surface area contributed by atoms with Crippen molar-refractivity contribution in [1.82, 2.24) is 19.2 Å². The first-order chi connectivity index (χ1) is 16.3. The van der Waals surface area contributed by atoms with Crippen molar-refractivity contribution in [3.63, 3.8) is 0 Å². The Morgan fingerprint density at radius 1 is 1.12 bits per heavy atom. The van der Waals surface area contributed by atoms with Crippen LogP contribution in [0.2, 0.25) is 0 Å². The summed E-state index contributed by atoms with van der Waals surface area (Å²) in [7, 11) is 0. The summed E-state index contributed by atoms with van der Waals surface area (Å²) in [6, 6.07) is 10.7. The van der Waals surface area contributed by atoms with Crippen LogP contribution in [0.15, 0.2) is 52.6 Å². The normalized spacial score (nSPS) is 17.9. The fourth-order valence-electron chi connectivity index (χ4n) is 4.57. The summed E-state index contributed by atoms with van der Waals surface area (Å²) >= 11 is 3.45. The van der Waals surface area contributed by atoms with Gasteiger partial charge in [0.1, 0.15) is 11.3 Å². The number of aryl methyl sites for hydroxylation is 2. The van der Waals surface area contributed by atoms with E-state index in [-0.39, 0.29) is 11.3 Å². The zero-order valence-corrected chi connectivity index (χ0v) is 21.5. The number of amides is 1. The van der Waals surface area contributed by atoms with Crippen molar-refractivity contribution in [2.45, 2.75) is 33.7 Å². The fraction of sp³-hybridized carbons (Fsp3) is 0.346. The van der Waals surface area contributed by atoms with Gasteiger partial charge in [-0.25, -0.2) is 4.98 Å². The van der Waals surface area contributed by atoms with Gasteiger partial charge < -0.3 is 19.3 Å². The van der Waals surface area contributed by atoms with Crippen molar-refractivity contribution in [1.29, 1.82) is 0 Å². The molecular weight excluding hydrogens is 496 g/mol. The Morgan fingerprint density at radius 2 is 1.79 bits per heavy atom. The van der Waals surface area contributed by atoms with E-state index in [1.807, 2.05) is 60.8 Å². The van der Waals surface area contributed by atoms with Crippen molar-refractivity contribution in [3.8, 4) is 0 Å². The van der Waals surface area contributed by atoms with Crippen LogP contribution in [0.4, 0.5) is 0 Å². The summed E-state index contributed by atoms with van der Waals surface area (Å²) in [6.45, 7) is 10.6. The predicted octanol–water partition coefficient (Wildman–Crippen LogP) is 4.48. The number of halogens is 1. The highest BCUT2D eigenvalue weighted by Crippen LogP contribution is 2.40. The molecule has 1 aliphatic rings. The van der Waals surface area contributed by atoms with E-state index >= 15 is 0 Å². The van der Waals surface area contributed by atoms with E-state index in [2.05, 4.69) is 39.7 Å². The Hall–Kier alpha value is -2.97. The van der Waals surface area contributed by atoms with Gasteiger partial charge in [0.05, 0.1) is 17.3 Å². The standard InChI is InChI=1S/C26H29BrN4O3/c1-5-29(6-2)14-15-31-22(18-9-11-19(27)12-10-18)20(24(33)26(31)34)23(32)21-17(4)30-13-7-8-16(3)25(30)28-21/h7-13,22,32H,5-6,14-15H2,1-4H3/b23-20+. The van der Waals surface area contributed by atoms with Crippen molar-refractivity contribution < 1.29 is 14.7 Å². The summed E-state index contributed by atoms with van der Waals surface area (Å²) in [5, 5.41) is 11.4. The highest BCUT2D eigenvalue weighted by atomic mass is 79.9. The highest BCUT2D eigenvalue weighted by molar-refractivity contribution is 9.10. The van der Waals surface area contributed by atoms with E-state index in [4.69, 9.17) is 0 Å². The molecule has 1 fully saturated rings. The molecule has 1 atom stereocenters. The Labute approximate surface area is 207 Å². The number of aliphatic hydroxyl groups excluding tert-OH is 1. The van der Waals surface area contributed by atoms with Gasteiger partial charge in [-0.1, -0.05) is 48.0 Å². The van der Waals surface area contributed by atoms with Crippen molar-refractivity contribution in [3.05, 3.63) is 75.2 Å². The summed E-state index contributed by atoms with van der Waals surface area (Å²) in [5.41, 5.74) is 3.53. The minimum absolute atomic E-state index is 0.0797. The molecule has 1 aliphatic heterocycles. The quantitative estimate of drug-likeness (QED) is 0.280. The van der Waals surface area contributed by atoms with Crippen LogP contribution in [0.1, 0.15) is 42.4 Å². The topological polar surface area (TPSA) is 78.2 Å². The van der Waals surface area contributed by atoms with E-state index in [1.54, 1.807) is 4.90 Å². The number of carbonyl (C=O) groups is 2. The monoisotopic (exact) mass is 524 g/mol. The van der Waals surface area contributed by atoms with Gasteiger partial charge >= 0.3 is 0 Å². The number of hydrogen-bond donors (Lipinski definition) is 1. The maximum Gasteiger partial charge on any atom is 0.295 e. The number of likely N-dealkylation sites (N-methyl/N-ethyl adjacent to an activating group) is 1. The zero-order valence-electron chi connectivity index (χ0n) is 19.9. The van der Waals surface area contributed by atoms with Gasteiger partial charge in [0.15, 0.2) is 5.76 Å². The third kappa shape index (κ3) is 4.16. The number of likely N-dealkylation sites (tertiary alicyclic amines) is 1. The lowest BCUT2D eigenvalue weighted by Gasteiger charge is -2.28. The SMILES string of the molecule is CCN(CC)CCN1C(=O)C(=O)/C(=C(/O)c2nc3c(C)cccn3c2C)C1c1ccc(Br)cc1. The molecule has 3 aromatic rings. The highest BCUT2D eigenvalue weighted by Gasteiger charge is 2.46. The molecule has 34 heavy (non-hydrogen) atoms. The number of nitrogens with zero attached hydrogens (tertiary/aromatic N) is 4. The van der Waals surface area contributed by atoms with Gasteiger partial charge in [-0.05, 0) is 56.3 Å². The molecule has 1 unspecified atom stereocenters. The molecule has 1 aromatic carbocycles. The van der Waals surface area contributed by atoms with Crippen LogP contribution in [0.25, 0.3) is 11.4 Å². The fourth-order valence-corrected chi connectivity index (χ4v) is 4.83. The number of benzene rings is 1. The first kappa shape index (κ1) is 24.2. The summed E-state index contributed by atoms with van der Waals surface area (Å²) in [4.78, 5) is 34.9. The molecule has 0 bridgehead atoms. The van der Waals surface area contributed by atoms with Crippen LogP contribution >= 0.6 is 15.9 Å². The Balaban J connectivity index is 1.87. The number of hydrogen-bond acceptors (Lipinski definition) is 5. The number of Topliss-reactive ketones (excluding diaryl/α,β-unsaturated/α-hetero) is 1. The lowest BCUT2D eigenvalue weighted by atomic mass is 9.96. The summed E-state index contributed by atoms with van der Waals surface area (Å²) in [5.74, 6) is -1.52. The Morgan fingerprint density at radius 3 is 2.41 bits per heavy atom. The van der Waals surface area contributed by atoms with Gasteiger partial charge in [-0.2, -0.15) is 0 Å². The van der Waals surface area contributed by atoms with E-state index in [0.717, 1.165) is 28.7 Å². The van der Waals surface area contributed by atoms with Gasteiger partial charge in [-0.3, -0.25) is 9.59 Å². The molecule has 1 saturated heterocycles. The van der Waals surface area contributed by atoms with E-state index in [9.17, 15) is 14.7 Å². The number of carbonyl (C=O) groups excluding carboxylic acids is 2. The molecule has 4 rings (SSSR count). The lowest BCUT2D eigenvalue weighted by molar-refractivity contribution is -0.140. The first-order valence-corrected chi connectivity index (χ1v) is 12.3. The number of rotatable bonds is 7. The molecule has 1 N–H and O–H groups in total. The second-order valence-corrected chi connectivity index (χ2v) is 9.42. The van der Waals surface area contributed by atoms with Crippen molar-refractivity contribution >= 4 is 39.0 Å². The second kappa shape index (κ2) is 9.72. The molecule has 1 amide bonds. The minimum Gasteiger partial charge on any atom is -0.505 e. The van der Waals surface area contributed by atoms with Crippen molar-refractivity contribution in [2.75, 3.05) is 26.2 Å². The third-order valence-electron chi connectivity index (χ3n) is 6.59. The molecule has 0 aliphatic carbocycles. The molecule has 3 heterocycles.